The zero-order valence-electron chi connectivity index (χ0n) is 15.4. The summed E-state index contributed by atoms with van der Waals surface area (Å²) < 4.78 is 0. The fourth-order valence-corrected chi connectivity index (χ4v) is 3.10. The van der Waals surface area contributed by atoms with Crippen LogP contribution in [0.1, 0.15) is 21.5 Å². The van der Waals surface area contributed by atoms with Crippen LogP contribution in [-0.4, -0.2) is 54.8 Å². The largest absolute Gasteiger partial charge is 0.336 e. The summed E-state index contributed by atoms with van der Waals surface area (Å²) in [4.78, 5) is 28.8. The van der Waals surface area contributed by atoms with Crippen LogP contribution in [0, 0.1) is 6.92 Å². The van der Waals surface area contributed by atoms with Crippen molar-refractivity contribution in [1.29, 1.82) is 0 Å². The van der Waals surface area contributed by atoms with Gasteiger partial charge in [0.15, 0.2) is 0 Å². The molecule has 1 aliphatic rings. The van der Waals surface area contributed by atoms with Crippen LogP contribution >= 0.6 is 0 Å². The number of hydrogen-bond donors (Lipinski definition) is 1. The molecule has 136 valence electrons. The topological polar surface area (TPSA) is 52.7 Å². The second kappa shape index (κ2) is 8.15. The molecule has 26 heavy (non-hydrogen) atoms. The van der Waals surface area contributed by atoms with Crippen LogP contribution < -0.4 is 5.32 Å². The summed E-state index contributed by atoms with van der Waals surface area (Å²) in [5.41, 5.74) is 3.50. The van der Waals surface area contributed by atoms with Crippen molar-refractivity contribution in [3.05, 3.63) is 65.2 Å². The molecule has 1 heterocycles. The van der Waals surface area contributed by atoms with E-state index < -0.39 is 0 Å². The Morgan fingerprint density at radius 1 is 1.00 bits per heavy atom. The minimum absolute atomic E-state index is 0.0516. The fraction of sp³-hybridized carbons (Fsp3) is 0.333. The molecule has 2 amide bonds. The predicted octanol–water partition coefficient (Wildman–Crippen LogP) is 2.56. The van der Waals surface area contributed by atoms with E-state index in [2.05, 4.69) is 17.3 Å². The molecular formula is C21H25N3O2. The van der Waals surface area contributed by atoms with Crippen molar-refractivity contribution in [3.63, 3.8) is 0 Å². The van der Waals surface area contributed by atoms with E-state index in [1.807, 2.05) is 36.1 Å². The molecule has 1 N–H and O–H groups in total. The van der Waals surface area contributed by atoms with Crippen LogP contribution in [-0.2, 0) is 11.2 Å². The van der Waals surface area contributed by atoms with Crippen molar-refractivity contribution in [3.8, 4) is 0 Å². The zero-order chi connectivity index (χ0) is 18.5. The average Bonchev–Trinajstić information content (AvgIpc) is 2.62. The lowest BCUT2D eigenvalue weighted by Crippen LogP contribution is -2.47. The number of rotatable bonds is 4. The van der Waals surface area contributed by atoms with Gasteiger partial charge in [0, 0.05) is 37.4 Å². The number of aryl methyl sites for hydroxylation is 1. The number of hydrogen-bond acceptors (Lipinski definition) is 3. The maximum atomic E-state index is 12.5. The van der Waals surface area contributed by atoms with Crippen LogP contribution in [0.15, 0.2) is 48.5 Å². The van der Waals surface area contributed by atoms with Gasteiger partial charge in [0.2, 0.25) is 5.91 Å². The summed E-state index contributed by atoms with van der Waals surface area (Å²) in [6, 6.07) is 15.1. The van der Waals surface area contributed by atoms with Gasteiger partial charge in [-0.3, -0.25) is 9.59 Å². The van der Waals surface area contributed by atoms with E-state index in [4.69, 9.17) is 0 Å². The number of carbonyl (C=O) groups excluding carboxylic acids is 2. The quantitative estimate of drug-likeness (QED) is 0.921. The lowest BCUT2D eigenvalue weighted by Gasteiger charge is -2.32. The Morgan fingerprint density at radius 2 is 1.69 bits per heavy atom. The summed E-state index contributed by atoms with van der Waals surface area (Å²) in [6.07, 6.45) is 0.337. The van der Waals surface area contributed by atoms with E-state index in [1.165, 1.54) is 0 Å². The first-order valence-corrected chi connectivity index (χ1v) is 8.94. The summed E-state index contributed by atoms with van der Waals surface area (Å²) in [5, 5.41) is 2.89. The predicted molar refractivity (Wildman–Crippen MR) is 103 cm³/mol. The molecule has 3 rings (SSSR count). The van der Waals surface area contributed by atoms with Crippen LogP contribution in [0.5, 0.6) is 0 Å². The first-order valence-electron chi connectivity index (χ1n) is 8.94. The number of anilines is 1. The monoisotopic (exact) mass is 351 g/mol. The minimum Gasteiger partial charge on any atom is -0.336 e. The van der Waals surface area contributed by atoms with Gasteiger partial charge >= 0.3 is 0 Å². The molecule has 0 radical (unpaired) electrons. The second-order valence-corrected chi connectivity index (χ2v) is 6.89. The van der Waals surface area contributed by atoms with Gasteiger partial charge in [-0.1, -0.05) is 29.8 Å². The third kappa shape index (κ3) is 4.70. The molecule has 0 bridgehead atoms. The molecule has 0 unspecified atom stereocenters. The van der Waals surface area contributed by atoms with E-state index in [9.17, 15) is 9.59 Å². The van der Waals surface area contributed by atoms with Crippen molar-refractivity contribution in [2.45, 2.75) is 13.3 Å². The second-order valence-electron chi connectivity index (χ2n) is 6.89. The van der Waals surface area contributed by atoms with Gasteiger partial charge in [-0.2, -0.15) is 0 Å². The third-order valence-corrected chi connectivity index (χ3v) is 4.65. The van der Waals surface area contributed by atoms with Crippen molar-refractivity contribution in [2.75, 3.05) is 38.5 Å². The number of carbonyl (C=O) groups is 2. The van der Waals surface area contributed by atoms with Crippen LogP contribution in [0.3, 0.4) is 0 Å². The smallest absolute Gasteiger partial charge is 0.253 e. The van der Waals surface area contributed by atoms with Gasteiger partial charge in [-0.15, -0.1) is 0 Å². The van der Waals surface area contributed by atoms with Crippen LogP contribution in [0.2, 0.25) is 0 Å². The Morgan fingerprint density at radius 3 is 2.35 bits per heavy atom. The first-order chi connectivity index (χ1) is 12.5. The van der Waals surface area contributed by atoms with Gasteiger partial charge < -0.3 is 15.1 Å². The fourth-order valence-electron chi connectivity index (χ4n) is 3.10. The molecule has 1 saturated heterocycles. The van der Waals surface area contributed by atoms with Gasteiger partial charge in [0.05, 0.1) is 6.42 Å². The maximum absolute atomic E-state index is 12.5. The van der Waals surface area contributed by atoms with Gasteiger partial charge in [-0.25, -0.2) is 0 Å². The number of piperazine rings is 1. The van der Waals surface area contributed by atoms with Gasteiger partial charge in [0.25, 0.3) is 5.91 Å². The number of nitrogens with one attached hydrogen (secondary N) is 1. The summed E-state index contributed by atoms with van der Waals surface area (Å²) >= 11 is 0. The number of amides is 2. The van der Waals surface area contributed by atoms with Crippen LogP contribution in [0.25, 0.3) is 0 Å². The molecule has 5 nitrogen and oxygen atoms in total. The van der Waals surface area contributed by atoms with Gasteiger partial charge in [-0.05, 0) is 43.8 Å². The highest BCUT2D eigenvalue weighted by atomic mass is 16.2. The Labute approximate surface area is 154 Å². The molecule has 5 heteroatoms. The van der Waals surface area contributed by atoms with E-state index in [0.29, 0.717) is 17.7 Å². The van der Waals surface area contributed by atoms with Crippen molar-refractivity contribution >= 4 is 17.5 Å². The Bertz CT molecular complexity index is 778. The molecule has 1 fully saturated rings. The standard InChI is InChI=1S/C21H25N3O2/c1-16-4-3-5-17(14-16)15-20(25)22-19-8-6-18(7-9-19)21(26)24-12-10-23(2)11-13-24/h3-9,14H,10-13,15H2,1-2H3,(H,22,25). The highest BCUT2D eigenvalue weighted by molar-refractivity contribution is 5.96. The molecule has 0 spiro atoms. The van der Waals surface area contributed by atoms with Crippen molar-refractivity contribution < 1.29 is 9.59 Å². The molecule has 0 saturated carbocycles. The molecular weight excluding hydrogens is 326 g/mol. The normalized spacial score (nSPS) is 14.9. The first kappa shape index (κ1) is 18.1. The van der Waals surface area contributed by atoms with Gasteiger partial charge in [0.1, 0.15) is 0 Å². The molecule has 0 aliphatic carbocycles. The highest BCUT2D eigenvalue weighted by Crippen LogP contribution is 2.14. The Balaban J connectivity index is 1.57. The molecule has 2 aromatic carbocycles. The van der Waals surface area contributed by atoms with E-state index in [-0.39, 0.29) is 11.8 Å². The minimum atomic E-state index is -0.0613. The van der Waals surface area contributed by atoms with E-state index in [1.54, 1.807) is 24.3 Å². The Hall–Kier alpha value is -2.66. The summed E-state index contributed by atoms with van der Waals surface area (Å²) in [5.74, 6) is -0.00974. The third-order valence-electron chi connectivity index (χ3n) is 4.65. The average molecular weight is 351 g/mol. The number of likely N-dealkylation sites (N-methyl/N-ethyl adjacent to an activating group) is 1. The number of benzene rings is 2. The van der Waals surface area contributed by atoms with Crippen molar-refractivity contribution in [1.82, 2.24) is 9.80 Å². The molecule has 1 aliphatic heterocycles. The van der Waals surface area contributed by atoms with E-state index in [0.717, 1.165) is 37.3 Å². The zero-order valence-corrected chi connectivity index (χ0v) is 15.4. The molecule has 0 aromatic heterocycles. The van der Waals surface area contributed by atoms with Crippen molar-refractivity contribution in [2.24, 2.45) is 0 Å². The maximum Gasteiger partial charge on any atom is 0.253 e. The summed E-state index contributed by atoms with van der Waals surface area (Å²) in [7, 11) is 2.07. The highest BCUT2D eigenvalue weighted by Gasteiger charge is 2.20. The van der Waals surface area contributed by atoms with E-state index >= 15 is 0 Å². The Kier molecular flexibility index (Phi) is 5.68. The molecule has 2 aromatic rings. The van der Waals surface area contributed by atoms with Crippen LogP contribution in [0.4, 0.5) is 5.69 Å². The SMILES string of the molecule is Cc1cccc(CC(=O)Nc2ccc(C(=O)N3CCN(C)CC3)cc2)c1. The number of nitrogens with zero attached hydrogens (tertiary/aromatic N) is 2. The molecule has 0 atom stereocenters. The lowest BCUT2D eigenvalue weighted by molar-refractivity contribution is -0.115. The lowest BCUT2D eigenvalue weighted by atomic mass is 10.1. The summed E-state index contributed by atoms with van der Waals surface area (Å²) in [6.45, 7) is 5.32.